The lowest BCUT2D eigenvalue weighted by atomic mass is 10.0. The van der Waals surface area contributed by atoms with Crippen LogP contribution in [0.15, 0.2) is 11.4 Å². The highest BCUT2D eigenvalue weighted by atomic mass is 32.1. The lowest BCUT2D eigenvalue weighted by Crippen LogP contribution is -2.40. The Labute approximate surface area is 107 Å². The van der Waals surface area contributed by atoms with Crippen molar-refractivity contribution in [1.29, 1.82) is 0 Å². The van der Waals surface area contributed by atoms with E-state index in [9.17, 15) is 5.11 Å². The molecule has 96 valence electrons. The molecule has 1 aromatic heterocycles. The second kappa shape index (κ2) is 5.48. The van der Waals surface area contributed by atoms with Gasteiger partial charge in [0.2, 0.25) is 0 Å². The topological polar surface area (TPSA) is 49.5 Å². The van der Waals surface area contributed by atoms with Crippen molar-refractivity contribution in [3.05, 3.63) is 21.9 Å². The molecule has 17 heavy (non-hydrogen) atoms. The van der Waals surface area contributed by atoms with Crippen molar-refractivity contribution < 1.29 is 5.11 Å². The average Bonchev–Trinajstić information content (AvgIpc) is 2.90. The number of β-amino-alcohol motifs (C(OH)–C–C–N with tert-alkyl or cyclic N) is 1. The zero-order chi connectivity index (χ0) is 12.4. The molecule has 3 atom stereocenters. The Kier molecular flexibility index (Phi) is 4.20. The molecule has 0 spiro atoms. The van der Waals surface area contributed by atoms with E-state index < -0.39 is 0 Å². The minimum atomic E-state index is -0.179. The van der Waals surface area contributed by atoms with E-state index in [2.05, 4.69) is 30.2 Å². The van der Waals surface area contributed by atoms with Gasteiger partial charge in [0.1, 0.15) is 0 Å². The van der Waals surface area contributed by atoms with E-state index in [1.165, 1.54) is 10.4 Å². The molecule has 3 nitrogen and oxygen atoms in total. The summed E-state index contributed by atoms with van der Waals surface area (Å²) in [7, 11) is 0. The third kappa shape index (κ3) is 2.71. The van der Waals surface area contributed by atoms with E-state index in [4.69, 9.17) is 5.73 Å². The molecular weight excluding hydrogens is 232 g/mol. The van der Waals surface area contributed by atoms with Crippen LogP contribution >= 0.6 is 11.3 Å². The fourth-order valence-corrected chi connectivity index (χ4v) is 3.70. The number of hydrogen-bond acceptors (Lipinski definition) is 4. The molecule has 1 saturated heterocycles. The molecule has 0 amide bonds. The monoisotopic (exact) mass is 254 g/mol. The lowest BCUT2D eigenvalue weighted by molar-refractivity contribution is 0.149. The summed E-state index contributed by atoms with van der Waals surface area (Å²) in [4.78, 5) is 3.71. The van der Waals surface area contributed by atoms with Crippen molar-refractivity contribution in [3.63, 3.8) is 0 Å². The molecule has 0 aliphatic carbocycles. The Hall–Kier alpha value is -0.420. The molecule has 1 fully saturated rings. The molecular formula is C13H22N2OS. The molecule has 3 unspecified atom stereocenters. The Bertz CT molecular complexity index is 366. The van der Waals surface area contributed by atoms with Crippen LogP contribution in [0.2, 0.25) is 0 Å². The van der Waals surface area contributed by atoms with E-state index in [-0.39, 0.29) is 18.2 Å². The summed E-state index contributed by atoms with van der Waals surface area (Å²) in [5.41, 5.74) is 7.61. The van der Waals surface area contributed by atoms with Crippen molar-refractivity contribution in [2.75, 3.05) is 13.1 Å². The number of thiophene rings is 1. The van der Waals surface area contributed by atoms with E-state index in [0.717, 1.165) is 25.9 Å². The van der Waals surface area contributed by atoms with Crippen LogP contribution in [0.4, 0.5) is 0 Å². The maximum atomic E-state index is 9.69. The van der Waals surface area contributed by atoms with Crippen LogP contribution in [0, 0.1) is 6.92 Å². The summed E-state index contributed by atoms with van der Waals surface area (Å²) in [6, 6.07) is 2.58. The SMILES string of the molecule is CCC(N)C(c1sccc1C)N1CCC(O)C1. The second-order valence-electron chi connectivity index (χ2n) is 4.92. The summed E-state index contributed by atoms with van der Waals surface area (Å²) < 4.78 is 0. The third-order valence-corrected chi connectivity index (χ3v) is 4.73. The van der Waals surface area contributed by atoms with E-state index in [1.807, 2.05) is 0 Å². The van der Waals surface area contributed by atoms with Gasteiger partial charge in [-0.25, -0.2) is 0 Å². The van der Waals surface area contributed by atoms with E-state index in [1.54, 1.807) is 11.3 Å². The Balaban J connectivity index is 2.23. The average molecular weight is 254 g/mol. The maximum Gasteiger partial charge on any atom is 0.0679 e. The predicted octanol–water partition coefficient (Wildman–Crippen LogP) is 1.90. The summed E-state index contributed by atoms with van der Waals surface area (Å²) in [5.74, 6) is 0. The quantitative estimate of drug-likeness (QED) is 0.863. The number of nitrogens with two attached hydrogens (primary N) is 1. The molecule has 2 heterocycles. The van der Waals surface area contributed by atoms with Crippen LogP contribution in [0.25, 0.3) is 0 Å². The van der Waals surface area contributed by atoms with Crippen molar-refractivity contribution >= 4 is 11.3 Å². The number of nitrogens with zero attached hydrogens (tertiary/aromatic N) is 1. The molecule has 4 heteroatoms. The van der Waals surface area contributed by atoms with Crippen LogP contribution in [0.5, 0.6) is 0 Å². The highest BCUT2D eigenvalue weighted by molar-refractivity contribution is 7.10. The number of rotatable bonds is 4. The Morgan fingerprint density at radius 2 is 2.41 bits per heavy atom. The van der Waals surface area contributed by atoms with Gasteiger partial charge in [0.15, 0.2) is 0 Å². The van der Waals surface area contributed by atoms with Crippen LogP contribution in [0.3, 0.4) is 0 Å². The zero-order valence-electron chi connectivity index (χ0n) is 10.6. The van der Waals surface area contributed by atoms with Gasteiger partial charge < -0.3 is 10.8 Å². The van der Waals surface area contributed by atoms with Crippen LogP contribution in [-0.2, 0) is 0 Å². The van der Waals surface area contributed by atoms with Crippen molar-refractivity contribution in [2.24, 2.45) is 5.73 Å². The van der Waals surface area contributed by atoms with E-state index in [0.29, 0.717) is 0 Å². The van der Waals surface area contributed by atoms with Crippen LogP contribution < -0.4 is 5.73 Å². The van der Waals surface area contributed by atoms with Gasteiger partial charge in [-0.05, 0) is 36.8 Å². The van der Waals surface area contributed by atoms with Gasteiger partial charge in [0.25, 0.3) is 0 Å². The first-order chi connectivity index (χ1) is 8.13. The van der Waals surface area contributed by atoms with Crippen LogP contribution in [0.1, 0.15) is 36.2 Å². The Morgan fingerprint density at radius 1 is 1.65 bits per heavy atom. The molecule has 1 aromatic rings. The van der Waals surface area contributed by atoms with Gasteiger partial charge in [-0.2, -0.15) is 0 Å². The van der Waals surface area contributed by atoms with E-state index >= 15 is 0 Å². The highest BCUT2D eigenvalue weighted by Gasteiger charge is 2.32. The highest BCUT2D eigenvalue weighted by Crippen LogP contribution is 2.33. The molecule has 1 aliphatic heterocycles. The number of likely N-dealkylation sites (tertiary alicyclic amines) is 1. The summed E-state index contributed by atoms with van der Waals surface area (Å²) in [6.07, 6.45) is 1.66. The molecule has 3 N–H and O–H groups in total. The first-order valence-corrected chi connectivity index (χ1v) is 7.23. The number of hydrogen-bond donors (Lipinski definition) is 2. The van der Waals surface area contributed by atoms with Gasteiger partial charge in [0.05, 0.1) is 12.1 Å². The largest absolute Gasteiger partial charge is 0.392 e. The fraction of sp³-hybridized carbons (Fsp3) is 0.692. The van der Waals surface area contributed by atoms with Gasteiger partial charge in [-0.15, -0.1) is 11.3 Å². The predicted molar refractivity (Wildman–Crippen MR) is 72.3 cm³/mol. The molecule has 0 saturated carbocycles. The number of aliphatic hydroxyl groups is 1. The van der Waals surface area contributed by atoms with Gasteiger partial charge in [0, 0.05) is 24.0 Å². The van der Waals surface area contributed by atoms with Gasteiger partial charge >= 0.3 is 0 Å². The summed E-state index contributed by atoms with van der Waals surface area (Å²) in [6.45, 7) is 5.99. The molecule has 2 rings (SSSR count). The summed E-state index contributed by atoms with van der Waals surface area (Å²) in [5, 5.41) is 11.8. The normalized spacial score (nSPS) is 25.1. The van der Waals surface area contributed by atoms with Crippen LogP contribution in [-0.4, -0.2) is 35.2 Å². The van der Waals surface area contributed by atoms with Crippen molar-refractivity contribution in [1.82, 2.24) is 4.90 Å². The smallest absolute Gasteiger partial charge is 0.0679 e. The van der Waals surface area contributed by atoms with Crippen molar-refractivity contribution in [2.45, 2.75) is 44.9 Å². The second-order valence-corrected chi connectivity index (χ2v) is 5.87. The minimum absolute atomic E-state index is 0.151. The molecule has 1 aliphatic rings. The fourth-order valence-electron chi connectivity index (χ4n) is 2.56. The first-order valence-electron chi connectivity index (χ1n) is 6.35. The number of aliphatic hydroxyl groups excluding tert-OH is 1. The Morgan fingerprint density at radius 3 is 2.88 bits per heavy atom. The first kappa shape index (κ1) is 13.0. The lowest BCUT2D eigenvalue weighted by Gasteiger charge is -2.32. The minimum Gasteiger partial charge on any atom is -0.392 e. The molecule has 0 radical (unpaired) electrons. The van der Waals surface area contributed by atoms with Gasteiger partial charge in [-0.1, -0.05) is 6.92 Å². The number of aryl methyl sites for hydroxylation is 1. The maximum absolute atomic E-state index is 9.69. The third-order valence-electron chi connectivity index (χ3n) is 3.64. The molecule has 0 aromatic carbocycles. The van der Waals surface area contributed by atoms with Gasteiger partial charge in [-0.3, -0.25) is 4.90 Å². The standard InChI is InChI=1S/C13H22N2OS/c1-3-11(14)12(13-9(2)5-7-17-13)15-6-4-10(16)8-15/h5,7,10-12,16H,3-4,6,8,14H2,1-2H3. The summed E-state index contributed by atoms with van der Waals surface area (Å²) >= 11 is 1.79. The zero-order valence-corrected chi connectivity index (χ0v) is 11.4. The van der Waals surface area contributed by atoms with Crippen molar-refractivity contribution in [3.8, 4) is 0 Å². The molecule has 0 bridgehead atoms.